The highest BCUT2D eigenvalue weighted by Crippen LogP contribution is 1.98. The molecule has 0 radical (unpaired) electrons. The first-order valence-corrected chi connectivity index (χ1v) is 4.58. The second-order valence-corrected chi connectivity index (χ2v) is 3.00. The third-order valence-electron chi connectivity index (χ3n) is 1.82. The fourth-order valence-electron chi connectivity index (χ4n) is 1.09. The number of ketones is 1. The molecule has 0 aliphatic rings. The second-order valence-electron chi connectivity index (χ2n) is 3.00. The van der Waals surface area contributed by atoms with E-state index in [1.807, 2.05) is 6.07 Å². The number of hydrogen-bond acceptors (Lipinski definition) is 3. The Hall–Kier alpha value is -1.68. The number of benzene rings is 1. The van der Waals surface area contributed by atoms with E-state index in [0.717, 1.165) is 0 Å². The Morgan fingerprint density at radius 3 is 2.53 bits per heavy atom. The summed E-state index contributed by atoms with van der Waals surface area (Å²) in [4.78, 5) is 22.5. The number of nitrogens with one attached hydrogen (secondary N) is 1. The molecule has 0 unspecified atom stereocenters. The summed E-state index contributed by atoms with van der Waals surface area (Å²) >= 11 is 0. The van der Waals surface area contributed by atoms with Crippen molar-refractivity contribution >= 4 is 11.7 Å². The Kier molecular flexibility index (Phi) is 4.50. The predicted molar refractivity (Wildman–Crippen MR) is 55.7 cm³/mol. The van der Waals surface area contributed by atoms with Gasteiger partial charge in [0.1, 0.15) is 6.61 Å². The fraction of sp³-hybridized carbons (Fsp3) is 0.273. The second kappa shape index (κ2) is 5.93. The average molecular weight is 207 g/mol. The van der Waals surface area contributed by atoms with Crippen LogP contribution in [0.2, 0.25) is 0 Å². The summed E-state index contributed by atoms with van der Waals surface area (Å²) in [6, 6.07) is 8.82. The molecule has 15 heavy (non-hydrogen) atoms. The van der Waals surface area contributed by atoms with Crippen LogP contribution in [0, 0.1) is 0 Å². The summed E-state index contributed by atoms with van der Waals surface area (Å²) in [5, 5.41) is 2.47. The van der Waals surface area contributed by atoms with Crippen molar-refractivity contribution in [2.24, 2.45) is 0 Å². The van der Waals surface area contributed by atoms with Crippen molar-refractivity contribution in [3.63, 3.8) is 0 Å². The Bertz CT molecular complexity index is 335. The Morgan fingerprint density at radius 1 is 1.27 bits per heavy atom. The van der Waals surface area contributed by atoms with E-state index >= 15 is 0 Å². The van der Waals surface area contributed by atoms with E-state index in [9.17, 15) is 9.59 Å². The van der Waals surface area contributed by atoms with Crippen LogP contribution in [0.5, 0.6) is 0 Å². The summed E-state index contributed by atoms with van der Waals surface area (Å²) in [5.41, 5.74) is 0.593. The van der Waals surface area contributed by atoms with Gasteiger partial charge in [0, 0.05) is 12.7 Å². The van der Waals surface area contributed by atoms with Gasteiger partial charge in [-0.15, -0.1) is 0 Å². The van der Waals surface area contributed by atoms with Crippen LogP contribution in [-0.4, -0.2) is 32.0 Å². The normalized spacial score (nSPS) is 9.67. The van der Waals surface area contributed by atoms with Crippen molar-refractivity contribution in [2.75, 3.05) is 20.3 Å². The van der Waals surface area contributed by atoms with Gasteiger partial charge < -0.3 is 10.1 Å². The molecule has 0 saturated carbocycles. The lowest BCUT2D eigenvalue weighted by molar-refractivity contribution is -0.124. The number of rotatable bonds is 5. The number of carbonyl (C=O) groups excluding carboxylic acids is 2. The maximum Gasteiger partial charge on any atom is 0.246 e. The minimum atomic E-state index is -0.290. The molecule has 1 aromatic carbocycles. The van der Waals surface area contributed by atoms with Crippen LogP contribution in [-0.2, 0) is 9.53 Å². The Balaban J connectivity index is 2.40. The van der Waals surface area contributed by atoms with Gasteiger partial charge in [0.2, 0.25) is 5.91 Å². The summed E-state index contributed by atoms with van der Waals surface area (Å²) in [6.07, 6.45) is 0. The number of methoxy groups -OCH3 is 1. The van der Waals surface area contributed by atoms with E-state index in [4.69, 9.17) is 0 Å². The average Bonchev–Trinajstić information content (AvgIpc) is 2.27. The maximum absolute atomic E-state index is 11.5. The monoisotopic (exact) mass is 207 g/mol. The van der Waals surface area contributed by atoms with E-state index in [1.54, 1.807) is 24.3 Å². The number of carbonyl (C=O) groups is 2. The molecule has 0 spiro atoms. The molecule has 0 fully saturated rings. The first-order valence-electron chi connectivity index (χ1n) is 4.58. The van der Waals surface area contributed by atoms with Gasteiger partial charge in [-0.1, -0.05) is 30.3 Å². The first kappa shape index (κ1) is 11.4. The van der Waals surface area contributed by atoms with Gasteiger partial charge in [-0.25, -0.2) is 0 Å². The van der Waals surface area contributed by atoms with Crippen molar-refractivity contribution in [1.29, 1.82) is 0 Å². The fourth-order valence-corrected chi connectivity index (χ4v) is 1.09. The van der Waals surface area contributed by atoms with Crippen LogP contribution >= 0.6 is 0 Å². The quantitative estimate of drug-likeness (QED) is 0.720. The lowest BCUT2D eigenvalue weighted by Gasteiger charge is -2.03. The van der Waals surface area contributed by atoms with Gasteiger partial charge in [-0.3, -0.25) is 9.59 Å². The van der Waals surface area contributed by atoms with Gasteiger partial charge in [0.25, 0.3) is 0 Å². The van der Waals surface area contributed by atoms with Crippen molar-refractivity contribution in [2.45, 2.75) is 0 Å². The molecular formula is C11H13NO3. The zero-order chi connectivity index (χ0) is 11.1. The van der Waals surface area contributed by atoms with Gasteiger partial charge in [0.05, 0.1) is 6.54 Å². The van der Waals surface area contributed by atoms with E-state index < -0.39 is 0 Å². The topological polar surface area (TPSA) is 55.4 Å². The SMILES string of the molecule is COCC(=O)NCC(=O)c1ccccc1. The molecule has 4 heteroatoms. The number of hydrogen-bond donors (Lipinski definition) is 1. The van der Waals surface area contributed by atoms with E-state index in [2.05, 4.69) is 10.1 Å². The van der Waals surface area contributed by atoms with Gasteiger partial charge in [0.15, 0.2) is 5.78 Å². The van der Waals surface area contributed by atoms with Crippen molar-refractivity contribution in [3.8, 4) is 0 Å². The van der Waals surface area contributed by atoms with Crippen LogP contribution < -0.4 is 5.32 Å². The molecule has 4 nitrogen and oxygen atoms in total. The molecule has 0 aliphatic heterocycles. The summed E-state index contributed by atoms with van der Waals surface area (Å²) < 4.78 is 4.62. The predicted octanol–water partition coefficient (Wildman–Crippen LogP) is 0.632. The van der Waals surface area contributed by atoms with Crippen molar-refractivity contribution in [1.82, 2.24) is 5.32 Å². The molecule has 0 saturated heterocycles. The molecule has 1 rings (SSSR count). The Morgan fingerprint density at radius 2 is 1.93 bits per heavy atom. The van der Waals surface area contributed by atoms with Crippen LogP contribution in [0.25, 0.3) is 0 Å². The molecule has 80 valence electrons. The summed E-state index contributed by atoms with van der Waals surface area (Å²) in [7, 11) is 1.43. The van der Waals surface area contributed by atoms with E-state index in [-0.39, 0.29) is 24.8 Å². The maximum atomic E-state index is 11.5. The summed E-state index contributed by atoms with van der Waals surface area (Å²) in [6.45, 7) is -0.0196. The third kappa shape index (κ3) is 3.91. The highest BCUT2D eigenvalue weighted by atomic mass is 16.5. The molecule has 1 N–H and O–H groups in total. The Labute approximate surface area is 88.2 Å². The molecular weight excluding hydrogens is 194 g/mol. The van der Waals surface area contributed by atoms with Crippen LogP contribution in [0.1, 0.15) is 10.4 Å². The standard InChI is InChI=1S/C11H13NO3/c1-15-8-11(14)12-7-10(13)9-5-3-2-4-6-9/h2-6H,7-8H2,1H3,(H,12,14). The number of ether oxygens (including phenoxy) is 1. The minimum Gasteiger partial charge on any atom is -0.375 e. The lowest BCUT2D eigenvalue weighted by atomic mass is 10.1. The van der Waals surface area contributed by atoms with Gasteiger partial charge in [-0.2, -0.15) is 0 Å². The van der Waals surface area contributed by atoms with Crippen molar-refractivity contribution < 1.29 is 14.3 Å². The number of Topliss-reactive ketones (excluding diaryl/α,β-unsaturated/α-hetero) is 1. The van der Waals surface area contributed by atoms with Crippen molar-refractivity contribution in [3.05, 3.63) is 35.9 Å². The van der Waals surface area contributed by atoms with Crippen LogP contribution in [0.15, 0.2) is 30.3 Å². The zero-order valence-electron chi connectivity index (χ0n) is 8.53. The minimum absolute atomic E-state index is 0.00616. The smallest absolute Gasteiger partial charge is 0.246 e. The molecule has 0 bridgehead atoms. The molecule has 1 amide bonds. The number of amides is 1. The van der Waals surface area contributed by atoms with Crippen LogP contribution in [0.3, 0.4) is 0 Å². The zero-order valence-corrected chi connectivity index (χ0v) is 8.53. The molecule has 0 aliphatic carbocycles. The van der Waals surface area contributed by atoms with E-state index in [0.29, 0.717) is 5.56 Å². The van der Waals surface area contributed by atoms with Crippen LogP contribution in [0.4, 0.5) is 0 Å². The lowest BCUT2D eigenvalue weighted by Crippen LogP contribution is -2.32. The largest absolute Gasteiger partial charge is 0.375 e. The third-order valence-corrected chi connectivity index (χ3v) is 1.82. The molecule has 0 atom stereocenters. The highest BCUT2D eigenvalue weighted by Gasteiger charge is 2.06. The first-order chi connectivity index (χ1) is 7.24. The molecule has 1 aromatic rings. The van der Waals surface area contributed by atoms with Gasteiger partial charge >= 0.3 is 0 Å². The molecule has 0 aromatic heterocycles. The van der Waals surface area contributed by atoms with E-state index in [1.165, 1.54) is 7.11 Å². The molecule has 0 heterocycles. The van der Waals surface area contributed by atoms with Gasteiger partial charge in [-0.05, 0) is 0 Å². The highest BCUT2D eigenvalue weighted by molar-refractivity contribution is 5.99. The summed E-state index contributed by atoms with van der Waals surface area (Å²) in [5.74, 6) is -0.401.